The number of nitrogens with two attached hydrogens (primary N) is 1. The van der Waals surface area contributed by atoms with Gasteiger partial charge in [0.05, 0.1) is 16.9 Å². The van der Waals surface area contributed by atoms with E-state index in [0.29, 0.717) is 16.4 Å². The van der Waals surface area contributed by atoms with Crippen LogP contribution in [0.2, 0.25) is 5.02 Å². The van der Waals surface area contributed by atoms with E-state index >= 15 is 0 Å². The average Bonchev–Trinajstić information content (AvgIpc) is 2.25. The van der Waals surface area contributed by atoms with Gasteiger partial charge in [-0.3, -0.25) is 0 Å². The molecule has 0 aliphatic heterocycles. The number of pyridine rings is 1. The molecule has 0 saturated heterocycles. The van der Waals surface area contributed by atoms with E-state index in [1.807, 2.05) is 18.2 Å². The molecule has 2 aromatic rings. The topological polar surface area (TPSA) is 59.1 Å². The fourth-order valence-corrected chi connectivity index (χ4v) is 2.47. The zero-order valence-corrected chi connectivity index (χ0v) is 10.0. The second kappa shape index (κ2) is 3.59. The highest BCUT2D eigenvalue weighted by Gasteiger charge is 2.39. The zero-order valence-electron chi connectivity index (χ0n) is 9.28. The van der Waals surface area contributed by atoms with Crippen LogP contribution in [0, 0.1) is 0 Å². The second-order valence-corrected chi connectivity index (χ2v) is 5.08. The Morgan fingerprint density at radius 3 is 2.71 bits per heavy atom. The van der Waals surface area contributed by atoms with Crippen LogP contribution >= 0.6 is 11.6 Å². The Balaban J connectivity index is 2.20. The maximum atomic E-state index is 10.3. The van der Waals surface area contributed by atoms with Gasteiger partial charge < -0.3 is 10.8 Å². The summed E-state index contributed by atoms with van der Waals surface area (Å²) in [4.78, 5) is 4.48. The van der Waals surface area contributed by atoms with Gasteiger partial charge in [0.2, 0.25) is 0 Å². The quantitative estimate of drug-likeness (QED) is 0.816. The average molecular weight is 249 g/mol. The van der Waals surface area contributed by atoms with Crippen LogP contribution in [0.4, 0.5) is 5.69 Å². The Kier molecular flexibility index (Phi) is 2.28. The van der Waals surface area contributed by atoms with Gasteiger partial charge >= 0.3 is 0 Å². The molecule has 0 unspecified atom stereocenters. The number of hydrogen-bond donors (Lipinski definition) is 2. The molecule has 0 bridgehead atoms. The molecule has 1 aliphatic rings. The van der Waals surface area contributed by atoms with Crippen LogP contribution in [0.25, 0.3) is 10.9 Å². The van der Waals surface area contributed by atoms with E-state index in [1.165, 1.54) is 0 Å². The zero-order chi connectivity index (χ0) is 12.0. The molecule has 1 saturated carbocycles. The minimum absolute atomic E-state index is 0.543. The number of halogens is 1. The van der Waals surface area contributed by atoms with Crippen molar-refractivity contribution in [2.45, 2.75) is 24.9 Å². The predicted molar refractivity (Wildman–Crippen MR) is 68.9 cm³/mol. The van der Waals surface area contributed by atoms with E-state index in [2.05, 4.69) is 4.98 Å². The molecule has 3 N–H and O–H groups in total. The molecule has 0 amide bonds. The highest BCUT2D eigenvalue weighted by atomic mass is 35.5. The Hall–Kier alpha value is -1.32. The van der Waals surface area contributed by atoms with Gasteiger partial charge in [-0.15, -0.1) is 0 Å². The van der Waals surface area contributed by atoms with Crippen LogP contribution in [-0.4, -0.2) is 10.1 Å². The monoisotopic (exact) mass is 248 g/mol. The molecular formula is C13H13ClN2O. The predicted octanol–water partition coefficient (Wildman–Crippen LogP) is 2.84. The third-order valence-electron chi connectivity index (χ3n) is 3.43. The van der Waals surface area contributed by atoms with Crippen molar-refractivity contribution in [3.8, 4) is 0 Å². The molecule has 3 nitrogen and oxygen atoms in total. The lowest BCUT2D eigenvalue weighted by molar-refractivity contribution is -0.0416. The first-order valence-corrected chi connectivity index (χ1v) is 6.05. The minimum atomic E-state index is -0.822. The summed E-state index contributed by atoms with van der Waals surface area (Å²) < 4.78 is 0. The number of fused-ring (bicyclic) bond motifs is 1. The van der Waals surface area contributed by atoms with E-state index in [-0.39, 0.29) is 0 Å². The number of anilines is 1. The lowest BCUT2D eigenvalue weighted by Gasteiger charge is -2.36. The first-order chi connectivity index (χ1) is 8.08. The maximum absolute atomic E-state index is 10.3. The van der Waals surface area contributed by atoms with E-state index in [1.54, 1.807) is 6.07 Å². The molecule has 4 heteroatoms. The van der Waals surface area contributed by atoms with Gasteiger partial charge in [-0.2, -0.15) is 0 Å². The third-order valence-corrected chi connectivity index (χ3v) is 3.66. The smallest absolute Gasteiger partial charge is 0.109 e. The number of benzene rings is 1. The summed E-state index contributed by atoms with van der Waals surface area (Å²) >= 11 is 5.92. The fourth-order valence-electron chi connectivity index (χ4n) is 2.28. The summed E-state index contributed by atoms with van der Waals surface area (Å²) in [6.07, 6.45) is 2.50. The van der Waals surface area contributed by atoms with E-state index in [9.17, 15) is 5.11 Å². The van der Waals surface area contributed by atoms with Crippen molar-refractivity contribution in [2.24, 2.45) is 0 Å². The van der Waals surface area contributed by atoms with Crippen molar-refractivity contribution in [3.05, 3.63) is 35.0 Å². The SMILES string of the molecule is Nc1cc2cc(Cl)ccc2nc1C1(O)CCC1. The molecule has 1 heterocycles. The summed E-state index contributed by atoms with van der Waals surface area (Å²) in [6.45, 7) is 0. The first-order valence-electron chi connectivity index (χ1n) is 5.67. The molecular weight excluding hydrogens is 236 g/mol. The van der Waals surface area contributed by atoms with Crippen molar-refractivity contribution < 1.29 is 5.11 Å². The summed E-state index contributed by atoms with van der Waals surface area (Å²) in [6, 6.07) is 7.30. The Morgan fingerprint density at radius 1 is 1.29 bits per heavy atom. The lowest BCUT2D eigenvalue weighted by atomic mass is 9.77. The molecule has 1 aliphatic carbocycles. The van der Waals surface area contributed by atoms with Crippen LogP contribution in [0.5, 0.6) is 0 Å². The van der Waals surface area contributed by atoms with Crippen LogP contribution in [0.3, 0.4) is 0 Å². The highest BCUT2D eigenvalue weighted by molar-refractivity contribution is 6.31. The summed E-state index contributed by atoms with van der Waals surface area (Å²) in [5.74, 6) is 0. The molecule has 0 radical (unpaired) electrons. The van der Waals surface area contributed by atoms with Crippen molar-refractivity contribution in [1.82, 2.24) is 4.98 Å². The normalized spacial score (nSPS) is 18.0. The second-order valence-electron chi connectivity index (χ2n) is 4.65. The van der Waals surface area contributed by atoms with Gasteiger partial charge in [0.25, 0.3) is 0 Å². The molecule has 1 aromatic carbocycles. The number of hydrogen-bond acceptors (Lipinski definition) is 3. The number of rotatable bonds is 1. The Labute approximate surface area is 104 Å². The minimum Gasteiger partial charge on any atom is -0.397 e. The molecule has 17 heavy (non-hydrogen) atoms. The van der Waals surface area contributed by atoms with Gasteiger partial charge in [-0.05, 0) is 43.5 Å². The molecule has 3 rings (SSSR count). The lowest BCUT2D eigenvalue weighted by Crippen LogP contribution is -2.35. The molecule has 1 aromatic heterocycles. The van der Waals surface area contributed by atoms with Crippen molar-refractivity contribution >= 4 is 28.2 Å². The molecule has 0 atom stereocenters. The standard InChI is InChI=1S/C13H13ClN2O/c14-9-2-3-11-8(6-9)7-10(15)12(16-11)13(17)4-1-5-13/h2-3,6-7,17H,1,4-5,15H2. The number of nitrogen functional groups attached to an aromatic ring is 1. The van der Waals surface area contributed by atoms with Crippen LogP contribution < -0.4 is 5.73 Å². The van der Waals surface area contributed by atoms with Crippen molar-refractivity contribution in [3.63, 3.8) is 0 Å². The number of aromatic nitrogens is 1. The van der Waals surface area contributed by atoms with E-state index < -0.39 is 5.60 Å². The fraction of sp³-hybridized carbons (Fsp3) is 0.308. The van der Waals surface area contributed by atoms with E-state index in [4.69, 9.17) is 17.3 Å². The van der Waals surface area contributed by atoms with Crippen molar-refractivity contribution in [2.75, 3.05) is 5.73 Å². The number of nitrogens with zero attached hydrogens (tertiary/aromatic N) is 1. The summed E-state index contributed by atoms with van der Waals surface area (Å²) in [7, 11) is 0. The summed E-state index contributed by atoms with van der Waals surface area (Å²) in [5.41, 5.74) is 7.12. The van der Waals surface area contributed by atoms with Crippen LogP contribution in [0.15, 0.2) is 24.3 Å². The van der Waals surface area contributed by atoms with Crippen molar-refractivity contribution in [1.29, 1.82) is 0 Å². The van der Waals surface area contributed by atoms with Gasteiger partial charge in [-0.25, -0.2) is 4.98 Å². The van der Waals surface area contributed by atoms with Gasteiger partial charge in [0, 0.05) is 10.4 Å². The largest absolute Gasteiger partial charge is 0.397 e. The first kappa shape index (κ1) is 10.8. The van der Waals surface area contributed by atoms with E-state index in [0.717, 1.165) is 30.2 Å². The molecule has 1 fully saturated rings. The van der Waals surface area contributed by atoms with Gasteiger partial charge in [0.1, 0.15) is 5.60 Å². The van der Waals surface area contributed by atoms with Gasteiger partial charge in [-0.1, -0.05) is 11.6 Å². The summed E-state index contributed by atoms with van der Waals surface area (Å²) in [5, 5.41) is 11.9. The highest BCUT2D eigenvalue weighted by Crippen LogP contribution is 2.43. The van der Waals surface area contributed by atoms with Gasteiger partial charge in [0.15, 0.2) is 0 Å². The Bertz CT molecular complexity index is 593. The molecule has 0 spiro atoms. The molecule has 88 valence electrons. The Morgan fingerprint density at radius 2 is 2.06 bits per heavy atom. The van der Waals surface area contributed by atoms with Crippen LogP contribution in [0.1, 0.15) is 25.0 Å². The van der Waals surface area contributed by atoms with Crippen LogP contribution in [-0.2, 0) is 5.60 Å². The maximum Gasteiger partial charge on any atom is 0.109 e. The number of aliphatic hydroxyl groups is 1. The third kappa shape index (κ3) is 1.66.